The number of rotatable bonds is 3. The van der Waals surface area contributed by atoms with Gasteiger partial charge in [-0.2, -0.15) is 18.4 Å². The lowest BCUT2D eigenvalue weighted by molar-refractivity contribution is -0.127. The number of alkyl halides is 3. The van der Waals surface area contributed by atoms with Gasteiger partial charge in [0.15, 0.2) is 0 Å². The highest BCUT2D eigenvalue weighted by molar-refractivity contribution is 5.16. The zero-order valence-electron chi connectivity index (χ0n) is 9.72. The van der Waals surface area contributed by atoms with E-state index in [4.69, 9.17) is 5.26 Å². The summed E-state index contributed by atoms with van der Waals surface area (Å²) < 4.78 is 36.6. The van der Waals surface area contributed by atoms with Crippen molar-refractivity contribution in [1.29, 1.82) is 5.26 Å². The highest BCUT2D eigenvalue weighted by atomic mass is 19.4. The van der Waals surface area contributed by atoms with Crippen molar-refractivity contribution in [2.45, 2.75) is 50.0 Å². The Bertz CT molecular complexity index is 332. The van der Waals surface area contributed by atoms with Crippen LogP contribution in [0.3, 0.4) is 0 Å². The molecule has 2 rings (SSSR count). The second-order valence-corrected chi connectivity index (χ2v) is 5.12. The highest BCUT2D eigenvalue weighted by Crippen LogP contribution is 2.37. The lowest BCUT2D eigenvalue weighted by atomic mass is 9.98. The van der Waals surface area contributed by atoms with E-state index < -0.39 is 18.3 Å². The van der Waals surface area contributed by atoms with Crippen LogP contribution in [0.25, 0.3) is 0 Å². The number of hydrogen-bond donors (Lipinski definition) is 1. The van der Waals surface area contributed by atoms with Gasteiger partial charge in [0, 0.05) is 18.6 Å². The van der Waals surface area contributed by atoms with Crippen molar-refractivity contribution in [2.75, 3.05) is 13.1 Å². The normalized spacial score (nSPS) is 34.9. The van der Waals surface area contributed by atoms with Gasteiger partial charge in [-0.3, -0.25) is 10.2 Å². The van der Waals surface area contributed by atoms with Gasteiger partial charge in [-0.05, 0) is 26.2 Å². The van der Waals surface area contributed by atoms with Crippen LogP contribution < -0.4 is 5.32 Å². The second kappa shape index (κ2) is 4.14. The number of hydrogen-bond acceptors (Lipinski definition) is 3. The zero-order valence-corrected chi connectivity index (χ0v) is 9.72. The predicted octanol–water partition coefficient (Wildman–Crippen LogP) is 1.66. The predicted molar refractivity (Wildman–Crippen MR) is 56.2 cm³/mol. The lowest BCUT2D eigenvalue weighted by Gasteiger charge is -2.24. The summed E-state index contributed by atoms with van der Waals surface area (Å²) in [6.45, 7) is 1.30. The molecule has 17 heavy (non-hydrogen) atoms. The maximum absolute atomic E-state index is 12.2. The first-order valence-corrected chi connectivity index (χ1v) is 5.84. The summed E-state index contributed by atoms with van der Waals surface area (Å²) in [7, 11) is 0. The summed E-state index contributed by atoms with van der Waals surface area (Å²) in [5.74, 6) is 0. The Hall–Kier alpha value is -0.800. The maximum atomic E-state index is 12.2. The molecule has 0 amide bonds. The van der Waals surface area contributed by atoms with Crippen LogP contribution in [0.5, 0.6) is 0 Å². The Morgan fingerprint density at radius 1 is 1.47 bits per heavy atom. The quantitative estimate of drug-likeness (QED) is 0.824. The first kappa shape index (κ1) is 12.7. The third kappa shape index (κ3) is 2.90. The number of nitrogens with zero attached hydrogens (tertiary/aromatic N) is 2. The van der Waals surface area contributed by atoms with Crippen LogP contribution in [0, 0.1) is 11.3 Å². The summed E-state index contributed by atoms with van der Waals surface area (Å²) >= 11 is 0. The van der Waals surface area contributed by atoms with E-state index >= 15 is 0 Å². The van der Waals surface area contributed by atoms with E-state index in [-0.39, 0.29) is 6.04 Å². The highest BCUT2D eigenvalue weighted by Gasteiger charge is 2.48. The summed E-state index contributed by atoms with van der Waals surface area (Å²) in [4.78, 5) is 2.16. The molecule has 0 aromatic carbocycles. The van der Waals surface area contributed by atoms with Crippen LogP contribution >= 0.6 is 0 Å². The number of nitriles is 1. The van der Waals surface area contributed by atoms with E-state index in [0.29, 0.717) is 19.0 Å². The van der Waals surface area contributed by atoms with Crippen molar-refractivity contribution in [3.63, 3.8) is 0 Å². The Morgan fingerprint density at radius 2 is 2.12 bits per heavy atom. The van der Waals surface area contributed by atoms with E-state index in [9.17, 15) is 13.2 Å². The summed E-state index contributed by atoms with van der Waals surface area (Å²) in [5, 5.41) is 11.5. The zero-order chi connectivity index (χ0) is 12.7. The molecule has 0 radical (unpaired) electrons. The summed E-state index contributed by atoms with van der Waals surface area (Å²) in [6, 6.07) is 2.70. The van der Waals surface area contributed by atoms with E-state index in [1.54, 1.807) is 0 Å². The number of likely N-dealkylation sites (tertiary alicyclic amines) is 1. The molecule has 1 saturated heterocycles. The van der Waals surface area contributed by atoms with Crippen molar-refractivity contribution in [1.82, 2.24) is 10.2 Å². The molecular formula is C11H16F3N3. The smallest absolute Gasteiger partial charge is 0.295 e. The monoisotopic (exact) mass is 247 g/mol. The second-order valence-electron chi connectivity index (χ2n) is 5.12. The van der Waals surface area contributed by atoms with Crippen LogP contribution in [0.15, 0.2) is 0 Å². The minimum Gasteiger partial charge on any atom is -0.295 e. The molecule has 1 saturated carbocycles. The first-order chi connectivity index (χ1) is 7.85. The maximum Gasteiger partial charge on any atom is 0.401 e. The minimum absolute atomic E-state index is 0.183. The molecule has 1 N–H and O–H groups in total. The largest absolute Gasteiger partial charge is 0.401 e. The van der Waals surface area contributed by atoms with Gasteiger partial charge in [0.05, 0.1) is 12.6 Å². The first-order valence-electron chi connectivity index (χ1n) is 5.84. The average molecular weight is 247 g/mol. The molecule has 2 unspecified atom stereocenters. The molecule has 0 spiro atoms. The molecular weight excluding hydrogens is 231 g/mol. The molecule has 1 aliphatic carbocycles. The van der Waals surface area contributed by atoms with Crippen molar-refractivity contribution >= 4 is 0 Å². The standard InChI is InChI=1S/C11H16F3N3/c1-8-4-10(5-15,16-6-11(12,13)14)7-17(8)9-2-3-9/h8-9,16H,2-4,6-7H2,1H3. The van der Waals surface area contributed by atoms with E-state index in [1.165, 1.54) is 0 Å². The summed E-state index contributed by atoms with van der Waals surface area (Å²) in [6.07, 6.45) is -1.59. The molecule has 3 nitrogen and oxygen atoms in total. The van der Waals surface area contributed by atoms with E-state index in [2.05, 4.69) is 10.2 Å². The van der Waals surface area contributed by atoms with Crippen LogP contribution in [0.2, 0.25) is 0 Å². The third-order valence-electron chi connectivity index (χ3n) is 3.52. The summed E-state index contributed by atoms with van der Waals surface area (Å²) in [5.41, 5.74) is -1.03. The molecule has 6 heteroatoms. The van der Waals surface area contributed by atoms with Crippen LogP contribution in [0.4, 0.5) is 13.2 Å². The van der Waals surface area contributed by atoms with E-state index in [1.807, 2.05) is 13.0 Å². The van der Waals surface area contributed by atoms with Crippen molar-refractivity contribution in [3.8, 4) is 6.07 Å². The average Bonchev–Trinajstić information content (AvgIpc) is 3.00. The topological polar surface area (TPSA) is 39.1 Å². The van der Waals surface area contributed by atoms with Gasteiger partial charge in [-0.15, -0.1) is 0 Å². The molecule has 1 heterocycles. The molecule has 2 aliphatic rings. The number of nitrogens with one attached hydrogen (secondary N) is 1. The van der Waals surface area contributed by atoms with Crippen LogP contribution in [-0.2, 0) is 0 Å². The van der Waals surface area contributed by atoms with Gasteiger partial charge in [-0.25, -0.2) is 0 Å². The van der Waals surface area contributed by atoms with Crippen molar-refractivity contribution < 1.29 is 13.2 Å². The SMILES string of the molecule is CC1CC(C#N)(NCC(F)(F)F)CN1C1CC1. The van der Waals surface area contributed by atoms with Gasteiger partial charge in [0.1, 0.15) is 5.54 Å². The van der Waals surface area contributed by atoms with Crippen molar-refractivity contribution in [2.24, 2.45) is 0 Å². The van der Waals surface area contributed by atoms with E-state index in [0.717, 1.165) is 12.8 Å². The van der Waals surface area contributed by atoms with Crippen molar-refractivity contribution in [3.05, 3.63) is 0 Å². The fourth-order valence-electron chi connectivity index (χ4n) is 2.57. The Balaban J connectivity index is 1.99. The van der Waals surface area contributed by atoms with Gasteiger partial charge in [0.2, 0.25) is 0 Å². The van der Waals surface area contributed by atoms with Gasteiger partial charge < -0.3 is 0 Å². The van der Waals surface area contributed by atoms with Gasteiger partial charge in [-0.1, -0.05) is 0 Å². The van der Waals surface area contributed by atoms with Gasteiger partial charge in [0.25, 0.3) is 0 Å². The molecule has 0 bridgehead atoms. The van der Waals surface area contributed by atoms with Crippen LogP contribution in [-0.4, -0.2) is 41.8 Å². The third-order valence-corrected chi connectivity index (χ3v) is 3.52. The molecule has 1 aliphatic heterocycles. The van der Waals surface area contributed by atoms with Gasteiger partial charge >= 0.3 is 6.18 Å². The number of halogens is 3. The molecule has 96 valence electrons. The lowest BCUT2D eigenvalue weighted by Crippen LogP contribution is -2.50. The fraction of sp³-hybridized carbons (Fsp3) is 0.909. The Morgan fingerprint density at radius 3 is 2.59 bits per heavy atom. The molecule has 0 aromatic heterocycles. The Labute approximate surface area is 98.6 Å². The molecule has 2 fully saturated rings. The fourth-order valence-corrected chi connectivity index (χ4v) is 2.57. The Kier molecular flexibility index (Phi) is 3.08. The molecule has 2 atom stereocenters. The van der Waals surface area contributed by atoms with Crippen LogP contribution in [0.1, 0.15) is 26.2 Å². The molecule has 0 aromatic rings. The minimum atomic E-state index is -4.26.